The summed E-state index contributed by atoms with van der Waals surface area (Å²) >= 11 is 3.40. The summed E-state index contributed by atoms with van der Waals surface area (Å²) < 4.78 is 0.984. The summed E-state index contributed by atoms with van der Waals surface area (Å²) in [6, 6.07) is 11.2. The van der Waals surface area contributed by atoms with Crippen LogP contribution in [0.25, 0.3) is 0 Å². The van der Waals surface area contributed by atoms with E-state index in [2.05, 4.69) is 30.7 Å². The van der Waals surface area contributed by atoms with Crippen molar-refractivity contribution in [2.45, 2.75) is 6.54 Å². The van der Waals surface area contributed by atoms with Crippen molar-refractivity contribution in [2.75, 3.05) is 31.1 Å². The highest BCUT2D eigenvalue weighted by Crippen LogP contribution is 2.17. The number of halogens is 1. The molecule has 1 aliphatic heterocycles. The van der Waals surface area contributed by atoms with Crippen LogP contribution in [0.3, 0.4) is 0 Å². The average molecular weight is 376 g/mol. The highest BCUT2D eigenvalue weighted by molar-refractivity contribution is 9.10. The fourth-order valence-corrected chi connectivity index (χ4v) is 2.99. The lowest BCUT2D eigenvalue weighted by Crippen LogP contribution is -2.46. The number of carboxylic acid groups (broad SMARTS) is 1. The number of aromatic nitrogens is 1. The lowest BCUT2D eigenvalue weighted by molar-refractivity contribution is 0.0696. The fraction of sp³-hybridized carbons (Fsp3) is 0.294. The van der Waals surface area contributed by atoms with Gasteiger partial charge in [0, 0.05) is 43.4 Å². The van der Waals surface area contributed by atoms with Gasteiger partial charge in [0.05, 0.1) is 5.56 Å². The molecule has 1 fully saturated rings. The molecule has 6 heteroatoms. The van der Waals surface area contributed by atoms with Gasteiger partial charge in [-0.15, -0.1) is 0 Å². The Balaban J connectivity index is 1.58. The molecule has 0 saturated carbocycles. The summed E-state index contributed by atoms with van der Waals surface area (Å²) in [5, 5.41) is 9.06. The van der Waals surface area contributed by atoms with E-state index in [4.69, 9.17) is 5.11 Å². The molecule has 0 radical (unpaired) electrons. The standard InChI is InChI=1S/C17H18BrN3O2/c18-15-4-5-16(19-11-15)21-8-6-20(7-9-21)12-13-2-1-3-14(10-13)17(22)23/h1-5,10-11H,6-9,12H2,(H,22,23). The first-order valence-electron chi connectivity index (χ1n) is 7.53. The van der Waals surface area contributed by atoms with Crippen LogP contribution in [-0.4, -0.2) is 47.1 Å². The van der Waals surface area contributed by atoms with E-state index in [1.165, 1.54) is 0 Å². The number of hydrogen-bond donors (Lipinski definition) is 1. The van der Waals surface area contributed by atoms with Crippen LogP contribution in [0.15, 0.2) is 47.1 Å². The molecular weight excluding hydrogens is 358 g/mol. The highest BCUT2D eigenvalue weighted by atomic mass is 79.9. The number of pyridine rings is 1. The lowest BCUT2D eigenvalue weighted by Gasteiger charge is -2.35. The summed E-state index contributed by atoms with van der Waals surface area (Å²) in [5.41, 5.74) is 1.39. The molecule has 2 heterocycles. The predicted molar refractivity (Wildman–Crippen MR) is 92.8 cm³/mol. The Morgan fingerprint density at radius 3 is 2.61 bits per heavy atom. The van der Waals surface area contributed by atoms with Crippen LogP contribution in [0.2, 0.25) is 0 Å². The first kappa shape index (κ1) is 16.0. The second-order valence-corrected chi connectivity index (χ2v) is 6.52. The number of anilines is 1. The maximum atomic E-state index is 11.0. The maximum Gasteiger partial charge on any atom is 0.335 e. The van der Waals surface area contributed by atoms with Crippen LogP contribution in [0.1, 0.15) is 15.9 Å². The number of hydrogen-bond acceptors (Lipinski definition) is 4. The molecule has 1 saturated heterocycles. The molecule has 23 heavy (non-hydrogen) atoms. The van der Waals surface area contributed by atoms with E-state index in [0.717, 1.165) is 48.6 Å². The number of carboxylic acids is 1. The van der Waals surface area contributed by atoms with Gasteiger partial charge < -0.3 is 10.0 Å². The van der Waals surface area contributed by atoms with Gasteiger partial charge in [-0.05, 0) is 45.8 Å². The predicted octanol–water partition coefficient (Wildman–Crippen LogP) is 2.86. The molecule has 5 nitrogen and oxygen atoms in total. The van der Waals surface area contributed by atoms with Gasteiger partial charge in [0.1, 0.15) is 5.82 Å². The van der Waals surface area contributed by atoms with Crippen molar-refractivity contribution in [1.82, 2.24) is 9.88 Å². The van der Waals surface area contributed by atoms with Crippen molar-refractivity contribution in [1.29, 1.82) is 0 Å². The Morgan fingerprint density at radius 1 is 1.17 bits per heavy atom. The van der Waals surface area contributed by atoms with Crippen LogP contribution >= 0.6 is 15.9 Å². The van der Waals surface area contributed by atoms with E-state index >= 15 is 0 Å². The molecule has 1 aromatic heterocycles. The minimum absolute atomic E-state index is 0.347. The first-order chi connectivity index (χ1) is 11.1. The van der Waals surface area contributed by atoms with E-state index in [1.807, 2.05) is 24.4 Å². The molecular formula is C17H18BrN3O2. The van der Waals surface area contributed by atoms with Crippen LogP contribution < -0.4 is 4.90 Å². The van der Waals surface area contributed by atoms with Crippen LogP contribution in [0.5, 0.6) is 0 Å². The first-order valence-corrected chi connectivity index (χ1v) is 8.32. The number of benzene rings is 1. The van der Waals surface area contributed by atoms with Crippen molar-refractivity contribution >= 4 is 27.7 Å². The molecule has 0 spiro atoms. The molecule has 2 aromatic rings. The summed E-state index contributed by atoms with van der Waals surface area (Å²) in [7, 11) is 0. The Kier molecular flexibility index (Phi) is 4.93. The Labute approximate surface area is 143 Å². The van der Waals surface area contributed by atoms with Crippen molar-refractivity contribution in [3.63, 3.8) is 0 Å². The van der Waals surface area contributed by atoms with E-state index in [0.29, 0.717) is 5.56 Å². The zero-order valence-electron chi connectivity index (χ0n) is 12.7. The normalized spacial score (nSPS) is 15.6. The summed E-state index contributed by atoms with van der Waals surface area (Å²) in [6.07, 6.45) is 1.82. The third-order valence-corrected chi connectivity index (χ3v) is 4.46. The zero-order valence-corrected chi connectivity index (χ0v) is 14.2. The van der Waals surface area contributed by atoms with E-state index in [9.17, 15) is 4.79 Å². The van der Waals surface area contributed by atoms with E-state index in [-0.39, 0.29) is 0 Å². The number of rotatable bonds is 4. The Morgan fingerprint density at radius 2 is 1.96 bits per heavy atom. The quantitative estimate of drug-likeness (QED) is 0.890. The molecule has 1 N–H and O–H groups in total. The van der Waals surface area contributed by atoms with E-state index in [1.54, 1.807) is 18.2 Å². The maximum absolute atomic E-state index is 11.0. The lowest BCUT2D eigenvalue weighted by atomic mass is 10.1. The van der Waals surface area contributed by atoms with Gasteiger partial charge in [-0.1, -0.05) is 12.1 Å². The Bertz CT molecular complexity index is 682. The SMILES string of the molecule is O=C(O)c1cccc(CN2CCN(c3ccc(Br)cn3)CC2)c1. The van der Waals surface area contributed by atoms with Gasteiger partial charge in [-0.25, -0.2) is 9.78 Å². The van der Waals surface area contributed by atoms with Gasteiger partial charge in [-0.3, -0.25) is 4.90 Å². The molecule has 0 atom stereocenters. The van der Waals surface area contributed by atoms with Gasteiger partial charge in [0.15, 0.2) is 0 Å². The topological polar surface area (TPSA) is 56.7 Å². The second-order valence-electron chi connectivity index (χ2n) is 5.60. The molecule has 120 valence electrons. The molecule has 0 bridgehead atoms. The highest BCUT2D eigenvalue weighted by Gasteiger charge is 2.18. The third-order valence-electron chi connectivity index (χ3n) is 3.99. The van der Waals surface area contributed by atoms with Gasteiger partial charge in [0.25, 0.3) is 0 Å². The molecule has 0 amide bonds. The summed E-state index contributed by atoms with van der Waals surface area (Å²) in [6.45, 7) is 4.51. The molecule has 1 aliphatic rings. The minimum Gasteiger partial charge on any atom is -0.478 e. The number of nitrogens with zero attached hydrogens (tertiary/aromatic N) is 3. The van der Waals surface area contributed by atoms with Gasteiger partial charge >= 0.3 is 5.97 Å². The molecule has 0 unspecified atom stereocenters. The molecule has 0 aliphatic carbocycles. The second kappa shape index (κ2) is 7.10. The fourth-order valence-electron chi connectivity index (χ4n) is 2.75. The van der Waals surface area contributed by atoms with Crippen molar-refractivity contribution in [3.05, 3.63) is 58.2 Å². The third kappa shape index (κ3) is 4.09. The number of piperazine rings is 1. The number of carbonyl (C=O) groups is 1. The number of aromatic carboxylic acids is 1. The van der Waals surface area contributed by atoms with Crippen LogP contribution in [0.4, 0.5) is 5.82 Å². The molecule has 3 rings (SSSR count). The van der Waals surface area contributed by atoms with Crippen LogP contribution in [-0.2, 0) is 6.54 Å². The largest absolute Gasteiger partial charge is 0.478 e. The summed E-state index contributed by atoms with van der Waals surface area (Å²) in [4.78, 5) is 20.1. The van der Waals surface area contributed by atoms with Crippen LogP contribution in [0, 0.1) is 0 Å². The monoisotopic (exact) mass is 375 g/mol. The average Bonchev–Trinajstić information content (AvgIpc) is 2.57. The Hall–Kier alpha value is -1.92. The van der Waals surface area contributed by atoms with Crippen molar-refractivity contribution < 1.29 is 9.90 Å². The van der Waals surface area contributed by atoms with Gasteiger partial charge in [-0.2, -0.15) is 0 Å². The van der Waals surface area contributed by atoms with Crippen molar-refractivity contribution in [3.8, 4) is 0 Å². The summed E-state index contributed by atoms with van der Waals surface area (Å²) in [5.74, 6) is 0.124. The molecule has 1 aromatic carbocycles. The zero-order chi connectivity index (χ0) is 16.2. The van der Waals surface area contributed by atoms with Crippen molar-refractivity contribution in [2.24, 2.45) is 0 Å². The minimum atomic E-state index is -0.877. The van der Waals surface area contributed by atoms with E-state index < -0.39 is 5.97 Å². The smallest absolute Gasteiger partial charge is 0.335 e. The van der Waals surface area contributed by atoms with Gasteiger partial charge in [0.2, 0.25) is 0 Å².